The SMILES string of the molecule is CCOc1cc2oc3cc(=O)cc(C)c-3nc2c2ccccc12. The van der Waals surface area contributed by atoms with E-state index in [4.69, 9.17) is 14.1 Å². The first-order valence-corrected chi connectivity index (χ1v) is 7.57. The molecule has 0 bridgehead atoms. The number of ether oxygens (including phenoxy) is 1. The quantitative estimate of drug-likeness (QED) is 0.412. The van der Waals surface area contributed by atoms with Crippen molar-refractivity contribution in [3.8, 4) is 17.2 Å². The molecule has 0 aromatic heterocycles. The van der Waals surface area contributed by atoms with E-state index in [1.807, 2.05) is 44.2 Å². The minimum atomic E-state index is -0.0780. The molecule has 1 aliphatic heterocycles. The van der Waals surface area contributed by atoms with Gasteiger partial charge in [-0.05, 0) is 25.5 Å². The van der Waals surface area contributed by atoms with Gasteiger partial charge in [0, 0.05) is 22.9 Å². The molecule has 23 heavy (non-hydrogen) atoms. The Morgan fingerprint density at radius 2 is 1.91 bits per heavy atom. The molecule has 114 valence electrons. The van der Waals surface area contributed by atoms with Crippen molar-refractivity contribution in [2.45, 2.75) is 13.8 Å². The minimum Gasteiger partial charge on any atom is -0.493 e. The van der Waals surface area contributed by atoms with Gasteiger partial charge < -0.3 is 9.15 Å². The predicted octanol–water partition coefficient (Wildman–Crippen LogP) is 4.15. The highest BCUT2D eigenvalue weighted by Gasteiger charge is 2.16. The Kier molecular flexibility index (Phi) is 3.05. The van der Waals surface area contributed by atoms with Crippen LogP contribution in [0.25, 0.3) is 33.3 Å². The van der Waals surface area contributed by atoms with Crippen LogP contribution in [0.3, 0.4) is 0 Å². The molecule has 4 nitrogen and oxygen atoms in total. The molecule has 2 aromatic carbocycles. The van der Waals surface area contributed by atoms with Gasteiger partial charge in [0.25, 0.3) is 0 Å². The van der Waals surface area contributed by atoms with Crippen LogP contribution < -0.4 is 10.2 Å². The summed E-state index contributed by atoms with van der Waals surface area (Å²) in [6.45, 7) is 4.39. The number of aryl methyl sites for hydroxylation is 1. The summed E-state index contributed by atoms with van der Waals surface area (Å²) in [5, 5.41) is 1.98. The fraction of sp³-hybridized carbons (Fsp3) is 0.158. The van der Waals surface area contributed by atoms with Gasteiger partial charge in [-0.25, -0.2) is 4.98 Å². The van der Waals surface area contributed by atoms with Crippen LogP contribution in [0, 0.1) is 6.92 Å². The Morgan fingerprint density at radius 3 is 2.70 bits per heavy atom. The number of aromatic nitrogens is 1. The predicted molar refractivity (Wildman–Crippen MR) is 90.3 cm³/mol. The fourth-order valence-corrected chi connectivity index (χ4v) is 2.94. The fourth-order valence-electron chi connectivity index (χ4n) is 2.94. The van der Waals surface area contributed by atoms with Gasteiger partial charge in [0.1, 0.15) is 17.0 Å². The normalized spacial score (nSPS) is 11.4. The maximum absolute atomic E-state index is 11.7. The van der Waals surface area contributed by atoms with Gasteiger partial charge >= 0.3 is 0 Å². The number of nitrogens with zero attached hydrogens (tertiary/aromatic N) is 1. The van der Waals surface area contributed by atoms with Crippen LogP contribution in [0.2, 0.25) is 0 Å². The van der Waals surface area contributed by atoms with Gasteiger partial charge in [0.05, 0.1) is 6.61 Å². The number of rotatable bonds is 2. The summed E-state index contributed by atoms with van der Waals surface area (Å²) in [7, 11) is 0. The van der Waals surface area contributed by atoms with E-state index in [9.17, 15) is 4.79 Å². The first-order chi connectivity index (χ1) is 11.2. The van der Waals surface area contributed by atoms with Crippen molar-refractivity contribution in [3.63, 3.8) is 0 Å². The van der Waals surface area contributed by atoms with Crippen molar-refractivity contribution in [3.05, 3.63) is 58.3 Å². The van der Waals surface area contributed by atoms with Gasteiger partial charge in [0.15, 0.2) is 16.8 Å². The summed E-state index contributed by atoms with van der Waals surface area (Å²) in [5.41, 5.74) is 2.84. The topological polar surface area (TPSA) is 52.3 Å². The summed E-state index contributed by atoms with van der Waals surface area (Å²) in [6, 6.07) is 12.9. The molecule has 2 aromatic rings. The highest BCUT2D eigenvalue weighted by atomic mass is 16.5. The van der Waals surface area contributed by atoms with Gasteiger partial charge in [-0.3, -0.25) is 4.79 Å². The Hall–Kier alpha value is -2.88. The molecule has 0 amide bonds. The number of fused-ring (bicyclic) bond motifs is 4. The number of benzene rings is 3. The lowest BCUT2D eigenvalue weighted by Gasteiger charge is -2.13. The van der Waals surface area contributed by atoms with Gasteiger partial charge in [-0.15, -0.1) is 0 Å². The smallest absolute Gasteiger partial charge is 0.182 e. The van der Waals surface area contributed by atoms with E-state index in [-0.39, 0.29) is 5.43 Å². The van der Waals surface area contributed by atoms with Gasteiger partial charge in [0.2, 0.25) is 0 Å². The van der Waals surface area contributed by atoms with E-state index in [2.05, 4.69) is 0 Å². The molecule has 0 fully saturated rings. The van der Waals surface area contributed by atoms with Crippen LogP contribution in [0.5, 0.6) is 5.75 Å². The maximum atomic E-state index is 11.7. The Balaban J connectivity index is 2.19. The van der Waals surface area contributed by atoms with E-state index >= 15 is 0 Å². The zero-order chi connectivity index (χ0) is 16.0. The summed E-state index contributed by atoms with van der Waals surface area (Å²) < 4.78 is 11.7. The molecule has 4 rings (SSSR count). The van der Waals surface area contributed by atoms with Crippen molar-refractivity contribution in [1.29, 1.82) is 0 Å². The molecule has 0 unspecified atom stereocenters. The molecule has 4 heteroatoms. The summed E-state index contributed by atoms with van der Waals surface area (Å²) in [5.74, 6) is 1.26. The molecule has 1 heterocycles. The van der Waals surface area contributed by atoms with E-state index in [1.54, 1.807) is 6.07 Å². The van der Waals surface area contributed by atoms with Crippen LogP contribution in [0.1, 0.15) is 12.5 Å². The van der Waals surface area contributed by atoms with E-state index in [0.717, 1.165) is 27.6 Å². The Bertz CT molecular complexity index is 1070. The van der Waals surface area contributed by atoms with E-state index in [0.29, 0.717) is 23.6 Å². The van der Waals surface area contributed by atoms with E-state index in [1.165, 1.54) is 6.07 Å². The zero-order valence-electron chi connectivity index (χ0n) is 12.9. The Morgan fingerprint density at radius 1 is 1.13 bits per heavy atom. The average molecular weight is 305 g/mol. The van der Waals surface area contributed by atoms with Crippen LogP contribution >= 0.6 is 0 Å². The monoisotopic (exact) mass is 305 g/mol. The number of hydrogen-bond donors (Lipinski definition) is 0. The third-order valence-corrected chi connectivity index (χ3v) is 3.93. The summed E-state index contributed by atoms with van der Waals surface area (Å²) in [4.78, 5) is 16.5. The molecule has 2 aliphatic rings. The molecule has 0 atom stereocenters. The van der Waals surface area contributed by atoms with Crippen molar-refractivity contribution in [1.82, 2.24) is 4.98 Å². The second kappa shape index (κ2) is 5.09. The molecule has 0 saturated carbocycles. The largest absolute Gasteiger partial charge is 0.493 e. The number of hydrogen-bond acceptors (Lipinski definition) is 4. The molecule has 0 N–H and O–H groups in total. The van der Waals surface area contributed by atoms with Crippen LogP contribution in [-0.2, 0) is 0 Å². The second-order valence-electron chi connectivity index (χ2n) is 5.50. The van der Waals surface area contributed by atoms with Crippen molar-refractivity contribution in [2.24, 2.45) is 0 Å². The standard InChI is InChI=1S/C19H15NO3/c1-3-22-15-10-17-19(14-7-5-4-6-13(14)15)20-18-11(2)8-12(21)9-16(18)23-17/h4-10H,3H2,1-2H3. The lowest BCUT2D eigenvalue weighted by Crippen LogP contribution is -2.03. The molecular weight excluding hydrogens is 290 g/mol. The second-order valence-corrected chi connectivity index (χ2v) is 5.50. The first kappa shape index (κ1) is 13.8. The van der Waals surface area contributed by atoms with Crippen LogP contribution in [0.15, 0.2) is 51.7 Å². The van der Waals surface area contributed by atoms with Crippen LogP contribution in [0.4, 0.5) is 0 Å². The highest BCUT2D eigenvalue weighted by Crippen LogP contribution is 2.35. The lowest BCUT2D eigenvalue weighted by atomic mass is 10.1. The molecule has 0 saturated heterocycles. The van der Waals surface area contributed by atoms with Crippen molar-refractivity contribution < 1.29 is 9.15 Å². The third kappa shape index (κ3) is 2.14. The zero-order valence-corrected chi connectivity index (χ0v) is 12.9. The van der Waals surface area contributed by atoms with Gasteiger partial charge in [-0.2, -0.15) is 0 Å². The molecule has 1 aliphatic carbocycles. The third-order valence-electron chi connectivity index (χ3n) is 3.93. The minimum absolute atomic E-state index is 0.0780. The maximum Gasteiger partial charge on any atom is 0.182 e. The average Bonchev–Trinajstić information content (AvgIpc) is 2.54. The molecular formula is C19H15NO3. The van der Waals surface area contributed by atoms with Crippen molar-refractivity contribution in [2.75, 3.05) is 6.61 Å². The first-order valence-electron chi connectivity index (χ1n) is 7.57. The summed E-state index contributed by atoms with van der Waals surface area (Å²) in [6.07, 6.45) is 0. The van der Waals surface area contributed by atoms with Crippen LogP contribution in [-0.4, -0.2) is 11.6 Å². The van der Waals surface area contributed by atoms with Crippen molar-refractivity contribution >= 4 is 21.9 Å². The van der Waals surface area contributed by atoms with E-state index < -0.39 is 0 Å². The van der Waals surface area contributed by atoms with Gasteiger partial charge in [-0.1, -0.05) is 24.3 Å². The highest BCUT2D eigenvalue weighted by molar-refractivity contribution is 6.07. The molecule has 0 radical (unpaired) electrons. The molecule has 0 spiro atoms. The lowest BCUT2D eigenvalue weighted by molar-refractivity contribution is 0.344. The summed E-state index contributed by atoms with van der Waals surface area (Å²) >= 11 is 0. The Labute approximate surface area is 132 Å².